The third kappa shape index (κ3) is 7.99. The zero-order valence-corrected chi connectivity index (χ0v) is 20.8. The molecule has 7 nitrogen and oxygen atoms in total. The molecule has 3 N–H and O–H groups in total. The minimum atomic E-state index is -0.504. The maximum atomic E-state index is 12.9. The molecule has 3 aromatic rings. The van der Waals surface area contributed by atoms with Crippen molar-refractivity contribution in [2.45, 2.75) is 33.3 Å². The summed E-state index contributed by atoms with van der Waals surface area (Å²) in [6.45, 7) is 5.83. The molecule has 36 heavy (non-hydrogen) atoms. The van der Waals surface area contributed by atoms with Gasteiger partial charge in [-0.05, 0) is 86.0 Å². The Bertz CT molecular complexity index is 1170. The first-order chi connectivity index (χ1) is 17.4. The van der Waals surface area contributed by atoms with E-state index in [1.165, 1.54) is 5.56 Å². The summed E-state index contributed by atoms with van der Waals surface area (Å²) in [5.74, 6) is 1.06. The Morgan fingerprint density at radius 1 is 0.889 bits per heavy atom. The summed E-state index contributed by atoms with van der Waals surface area (Å²) in [4.78, 5) is 25.5. The van der Waals surface area contributed by atoms with Gasteiger partial charge in [0.15, 0.2) is 0 Å². The largest absolute Gasteiger partial charge is 0.491 e. The van der Waals surface area contributed by atoms with Crippen LogP contribution in [0, 0.1) is 0 Å². The highest BCUT2D eigenvalue weighted by atomic mass is 16.5. The molecule has 0 radical (unpaired) electrons. The van der Waals surface area contributed by atoms with Crippen LogP contribution in [0.5, 0.6) is 17.2 Å². The summed E-state index contributed by atoms with van der Waals surface area (Å²) in [5, 5.41) is 14.3. The normalized spacial score (nSPS) is 11.2. The second kappa shape index (κ2) is 13.1. The van der Waals surface area contributed by atoms with Crippen molar-refractivity contribution < 1.29 is 24.2 Å². The average molecular weight is 489 g/mol. The first kappa shape index (κ1) is 26.5. The van der Waals surface area contributed by atoms with E-state index < -0.39 is 11.8 Å². The smallest absolute Gasteiger partial charge is 0.267 e. The molecule has 0 aliphatic rings. The van der Waals surface area contributed by atoms with Crippen molar-refractivity contribution >= 4 is 17.9 Å². The van der Waals surface area contributed by atoms with Gasteiger partial charge in [-0.3, -0.25) is 9.59 Å². The topological polar surface area (TPSA) is 96.9 Å². The van der Waals surface area contributed by atoms with Gasteiger partial charge in [0.2, 0.25) is 0 Å². The molecular formula is C29H32N2O5. The fraction of sp³-hybridized carbons (Fsp3) is 0.241. The molecule has 0 saturated carbocycles. The molecule has 0 unspecified atom stereocenters. The Balaban J connectivity index is 1.72. The first-order valence-corrected chi connectivity index (χ1v) is 11.9. The Hall–Kier alpha value is -4.10. The molecule has 0 aliphatic carbocycles. The molecule has 0 saturated heterocycles. The van der Waals surface area contributed by atoms with Gasteiger partial charge in [0.25, 0.3) is 11.8 Å². The zero-order valence-electron chi connectivity index (χ0n) is 20.8. The summed E-state index contributed by atoms with van der Waals surface area (Å²) in [6, 6.07) is 21.7. The molecule has 0 bridgehead atoms. The van der Waals surface area contributed by atoms with Crippen molar-refractivity contribution in [3.05, 3.63) is 95.2 Å². The summed E-state index contributed by atoms with van der Waals surface area (Å²) < 4.78 is 11.5. The van der Waals surface area contributed by atoms with E-state index in [0.29, 0.717) is 28.4 Å². The quantitative estimate of drug-likeness (QED) is 0.340. The lowest BCUT2D eigenvalue weighted by atomic mass is 10.1. The number of nitrogens with one attached hydrogen (secondary N) is 2. The maximum absolute atomic E-state index is 12.9. The van der Waals surface area contributed by atoms with Crippen LogP contribution in [0.1, 0.15) is 42.3 Å². The molecule has 0 fully saturated rings. The molecular weight excluding hydrogens is 456 g/mol. The van der Waals surface area contributed by atoms with E-state index >= 15 is 0 Å². The van der Waals surface area contributed by atoms with E-state index in [2.05, 4.69) is 17.6 Å². The van der Waals surface area contributed by atoms with E-state index in [4.69, 9.17) is 14.6 Å². The lowest BCUT2D eigenvalue weighted by Gasteiger charge is -2.12. The number of benzene rings is 3. The molecule has 0 aliphatic heterocycles. The number of rotatable bonds is 11. The van der Waals surface area contributed by atoms with E-state index in [1.54, 1.807) is 54.6 Å². The SMILES string of the molecule is CCc1ccc(Oc2ccc(C(=O)N/C(=C/c3ccc(OC(C)C)cc3)C(=O)NCCO)cc2)cc1. The number of aliphatic hydroxyl groups is 1. The van der Waals surface area contributed by atoms with Crippen LogP contribution in [0.3, 0.4) is 0 Å². The van der Waals surface area contributed by atoms with Gasteiger partial charge >= 0.3 is 0 Å². The summed E-state index contributed by atoms with van der Waals surface area (Å²) in [6.07, 6.45) is 2.57. The highest BCUT2D eigenvalue weighted by molar-refractivity contribution is 6.05. The summed E-state index contributed by atoms with van der Waals surface area (Å²) >= 11 is 0. The molecule has 3 aromatic carbocycles. The number of amides is 2. The van der Waals surface area contributed by atoms with Crippen LogP contribution >= 0.6 is 0 Å². The summed E-state index contributed by atoms with van der Waals surface area (Å²) in [5.41, 5.74) is 2.35. The van der Waals surface area contributed by atoms with E-state index in [-0.39, 0.29) is 25.0 Å². The van der Waals surface area contributed by atoms with E-state index in [0.717, 1.165) is 6.42 Å². The Morgan fingerprint density at radius 2 is 1.47 bits per heavy atom. The first-order valence-electron chi connectivity index (χ1n) is 11.9. The Kier molecular flexibility index (Phi) is 9.65. The average Bonchev–Trinajstić information content (AvgIpc) is 2.88. The Morgan fingerprint density at radius 3 is 2.03 bits per heavy atom. The molecule has 0 spiro atoms. The van der Waals surface area contributed by atoms with Gasteiger partial charge in [-0.2, -0.15) is 0 Å². The molecule has 7 heteroatoms. The van der Waals surface area contributed by atoms with Gasteiger partial charge in [-0.1, -0.05) is 31.2 Å². The van der Waals surface area contributed by atoms with Gasteiger partial charge in [0.05, 0.1) is 12.7 Å². The minimum Gasteiger partial charge on any atom is -0.491 e. The third-order valence-corrected chi connectivity index (χ3v) is 5.14. The van der Waals surface area contributed by atoms with Crippen LogP contribution in [-0.4, -0.2) is 36.2 Å². The second-order valence-electron chi connectivity index (χ2n) is 8.35. The molecule has 188 valence electrons. The van der Waals surface area contributed by atoms with Crippen LogP contribution in [0.15, 0.2) is 78.5 Å². The van der Waals surface area contributed by atoms with Gasteiger partial charge in [0, 0.05) is 12.1 Å². The lowest BCUT2D eigenvalue weighted by Crippen LogP contribution is -2.36. The number of hydrogen-bond donors (Lipinski definition) is 3. The van der Waals surface area contributed by atoms with Crippen molar-refractivity contribution in [1.29, 1.82) is 0 Å². The van der Waals surface area contributed by atoms with Gasteiger partial charge < -0.3 is 25.2 Å². The van der Waals surface area contributed by atoms with Crippen LogP contribution in [0.2, 0.25) is 0 Å². The molecule has 0 atom stereocenters. The van der Waals surface area contributed by atoms with E-state index in [9.17, 15) is 9.59 Å². The molecule has 0 aromatic heterocycles. The summed E-state index contributed by atoms with van der Waals surface area (Å²) in [7, 11) is 0. The van der Waals surface area contributed by atoms with Crippen LogP contribution in [0.4, 0.5) is 0 Å². The van der Waals surface area contributed by atoms with Crippen LogP contribution < -0.4 is 20.1 Å². The van der Waals surface area contributed by atoms with Crippen molar-refractivity contribution in [2.24, 2.45) is 0 Å². The third-order valence-electron chi connectivity index (χ3n) is 5.14. The number of carbonyl (C=O) groups is 2. The zero-order chi connectivity index (χ0) is 25.9. The van der Waals surface area contributed by atoms with Crippen molar-refractivity contribution in [3.63, 3.8) is 0 Å². The molecule has 3 rings (SSSR count). The number of hydrogen-bond acceptors (Lipinski definition) is 5. The highest BCUT2D eigenvalue weighted by Crippen LogP contribution is 2.22. The van der Waals surface area contributed by atoms with Crippen molar-refractivity contribution in [3.8, 4) is 17.2 Å². The van der Waals surface area contributed by atoms with Gasteiger partial charge in [-0.15, -0.1) is 0 Å². The van der Waals surface area contributed by atoms with E-state index in [1.807, 2.05) is 38.1 Å². The fourth-order valence-corrected chi connectivity index (χ4v) is 3.30. The Labute approximate surface area is 211 Å². The maximum Gasteiger partial charge on any atom is 0.267 e. The van der Waals surface area contributed by atoms with Crippen molar-refractivity contribution in [2.75, 3.05) is 13.2 Å². The molecule has 0 heterocycles. The monoisotopic (exact) mass is 488 g/mol. The van der Waals surface area contributed by atoms with Crippen molar-refractivity contribution in [1.82, 2.24) is 10.6 Å². The van der Waals surface area contributed by atoms with Crippen LogP contribution in [0.25, 0.3) is 6.08 Å². The molecule has 2 amide bonds. The number of aliphatic hydroxyl groups excluding tert-OH is 1. The highest BCUT2D eigenvalue weighted by Gasteiger charge is 2.15. The standard InChI is InChI=1S/C29H32N2O5/c1-4-21-5-11-25(12-6-21)36-26-15-9-23(10-16-26)28(33)31-27(29(34)30-17-18-32)19-22-7-13-24(14-8-22)35-20(2)3/h5-16,19-20,32H,4,17-18H2,1-3H3,(H,30,34)(H,31,33)/b27-19+. The number of carbonyl (C=O) groups excluding carboxylic acids is 2. The second-order valence-corrected chi connectivity index (χ2v) is 8.35. The number of aryl methyl sites for hydroxylation is 1. The van der Waals surface area contributed by atoms with Gasteiger partial charge in [0.1, 0.15) is 22.9 Å². The lowest BCUT2D eigenvalue weighted by molar-refractivity contribution is -0.117. The minimum absolute atomic E-state index is 0.0453. The number of ether oxygens (including phenoxy) is 2. The van der Waals surface area contributed by atoms with Crippen LogP contribution in [-0.2, 0) is 11.2 Å². The predicted molar refractivity (Wildman–Crippen MR) is 140 cm³/mol. The van der Waals surface area contributed by atoms with Gasteiger partial charge in [-0.25, -0.2) is 0 Å². The fourth-order valence-electron chi connectivity index (χ4n) is 3.30. The predicted octanol–water partition coefficient (Wildman–Crippen LogP) is 4.71.